The summed E-state index contributed by atoms with van der Waals surface area (Å²) in [4.78, 5) is 11.3. The van der Waals surface area contributed by atoms with Gasteiger partial charge in [-0.05, 0) is 32.0 Å². The zero-order valence-electron chi connectivity index (χ0n) is 21.9. The molecule has 2 N–H and O–H groups in total. The van der Waals surface area contributed by atoms with Gasteiger partial charge in [0.1, 0.15) is 0 Å². The second kappa shape index (κ2) is 12.7. The van der Waals surface area contributed by atoms with Crippen LogP contribution in [0.15, 0.2) is 36.0 Å². The van der Waals surface area contributed by atoms with Crippen LogP contribution in [0.1, 0.15) is 29.3 Å². The second-order valence-electron chi connectivity index (χ2n) is 8.59. The fourth-order valence-electron chi connectivity index (χ4n) is 3.49. The SMILES string of the molecule is COC(=O)N/C(C)=C\C(=N)Oc1c(F)cc(C(F)(F)F)c(Cn2nc(Oc3c(F)cc(C(F)(F)F)cc3Cl)cc2C)c1Cl. The number of allylic oxidation sites excluding steroid dienone is 1. The topological polar surface area (TPSA) is 98.5 Å². The molecule has 8 nitrogen and oxygen atoms in total. The minimum absolute atomic E-state index is 0.00444. The van der Waals surface area contributed by atoms with Crippen LogP contribution >= 0.6 is 23.2 Å². The highest BCUT2D eigenvalue weighted by Crippen LogP contribution is 2.42. The zero-order chi connectivity index (χ0) is 32.4. The third kappa shape index (κ3) is 8.07. The van der Waals surface area contributed by atoms with Crippen molar-refractivity contribution in [3.05, 3.63) is 80.1 Å². The first-order valence-electron chi connectivity index (χ1n) is 11.5. The van der Waals surface area contributed by atoms with Gasteiger partial charge in [0.05, 0.1) is 34.8 Å². The van der Waals surface area contributed by atoms with Gasteiger partial charge in [0.25, 0.3) is 0 Å². The van der Waals surface area contributed by atoms with E-state index >= 15 is 0 Å². The van der Waals surface area contributed by atoms with Crippen LogP contribution in [-0.2, 0) is 23.6 Å². The zero-order valence-corrected chi connectivity index (χ0v) is 23.4. The Hall–Kier alpha value is -4.05. The van der Waals surface area contributed by atoms with Gasteiger partial charge in [0.2, 0.25) is 11.8 Å². The molecule has 1 aromatic heterocycles. The molecule has 0 aliphatic carbocycles. The molecular weight excluding hydrogens is 643 g/mol. The van der Waals surface area contributed by atoms with Crippen molar-refractivity contribution >= 4 is 35.2 Å². The normalized spacial score (nSPS) is 12.3. The number of hydrogen-bond acceptors (Lipinski definition) is 6. The first kappa shape index (κ1) is 33.5. The first-order valence-corrected chi connectivity index (χ1v) is 12.2. The van der Waals surface area contributed by atoms with Gasteiger partial charge in [-0.15, -0.1) is 5.10 Å². The number of methoxy groups -OCH3 is 1. The molecule has 3 aromatic rings. The van der Waals surface area contributed by atoms with E-state index < -0.39 is 86.6 Å². The van der Waals surface area contributed by atoms with Crippen LogP contribution in [0.4, 0.5) is 39.9 Å². The van der Waals surface area contributed by atoms with Gasteiger partial charge < -0.3 is 14.2 Å². The fraction of sp³-hybridized carbons (Fsp3) is 0.240. The van der Waals surface area contributed by atoms with E-state index in [2.05, 4.69) is 15.2 Å². The van der Waals surface area contributed by atoms with E-state index in [9.17, 15) is 39.9 Å². The first-order chi connectivity index (χ1) is 19.8. The lowest BCUT2D eigenvalue weighted by Gasteiger charge is -2.18. The summed E-state index contributed by atoms with van der Waals surface area (Å²) in [5, 5.41) is 12.3. The maximum absolute atomic E-state index is 14.7. The van der Waals surface area contributed by atoms with Crippen molar-refractivity contribution in [3.63, 3.8) is 0 Å². The van der Waals surface area contributed by atoms with E-state index in [1.807, 2.05) is 0 Å². The molecule has 0 atom stereocenters. The number of aryl methyl sites for hydroxylation is 1. The Morgan fingerprint density at radius 2 is 1.67 bits per heavy atom. The quantitative estimate of drug-likeness (QED) is 0.151. The van der Waals surface area contributed by atoms with Crippen LogP contribution in [0.2, 0.25) is 10.0 Å². The number of carbonyl (C=O) groups excluding carboxylic acids is 1. The molecule has 2 aromatic carbocycles. The van der Waals surface area contributed by atoms with Crippen LogP contribution < -0.4 is 14.8 Å². The van der Waals surface area contributed by atoms with E-state index in [-0.39, 0.29) is 23.5 Å². The molecule has 0 radical (unpaired) electrons. The van der Waals surface area contributed by atoms with Gasteiger partial charge in [0, 0.05) is 29.1 Å². The van der Waals surface area contributed by atoms with Crippen molar-refractivity contribution in [1.82, 2.24) is 15.1 Å². The van der Waals surface area contributed by atoms with Gasteiger partial charge in [-0.3, -0.25) is 15.4 Å². The maximum Gasteiger partial charge on any atom is 0.416 e. The minimum Gasteiger partial charge on any atom is -0.453 e. The number of benzene rings is 2. The summed E-state index contributed by atoms with van der Waals surface area (Å²) in [5.74, 6) is -6.09. The van der Waals surface area contributed by atoms with Gasteiger partial charge >= 0.3 is 18.4 Å². The average Bonchev–Trinajstić information content (AvgIpc) is 3.22. The molecule has 1 heterocycles. The third-order valence-electron chi connectivity index (χ3n) is 5.43. The summed E-state index contributed by atoms with van der Waals surface area (Å²) in [7, 11) is 1.07. The van der Waals surface area contributed by atoms with E-state index in [1.54, 1.807) is 0 Å². The second-order valence-corrected chi connectivity index (χ2v) is 9.37. The number of nitrogens with one attached hydrogen (secondary N) is 2. The van der Waals surface area contributed by atoms with Crippen molar-refractivity contribution in [2.75, 3.05) is 7.11 Å². The third-order valence-corrected chi connectivity index (χ3v) is 6.11. The Morgan fingerprint density at radius 1 is 1.05 bits per heavy atom. The van der Waals surface area contributed by atoms with Crippen LogP contribution in [0.3, 0.4) is 0 Å². The number of nitrogens with zero attached hydrogens (tertiary/aromatic N) is 2. The summed E-state index contributed by atoms with van der Waals surface area (Å²) in [6.07, 6.45) is -10.0. The molecule has 0 saturated carbocycles. The molecular formula is C25H18Cl2F8N4O4. The predicted octanol–water partition coefficient (Wildman–Crippen LogP) is 8.27. The molecule has 1 amide bonds. The van der Waals surface area contributed by atoms with E-state index in [4.69, 9.17) is 38.1 Å². The number of aromatic nitrogens is 2. The van der Waals surface area contributed by atoms with Gasteiger partial charge in [-0.2, -0.15) is 26.3 Å². The van der Waals surface area contributed by atoms with Crippen molar-refractivity contribution in [2.24, 2.45) is 0 Å². The largest absolute Gasteiger partial charge is 0.453 e. The number of alkyl halides is 6. The van der Waals surface area contributed by atoms with Gasteiger partial charge in [-0.25, -0.2) is 13.6 Å². The Bertz CT molecular complexity index is 1580. The van der Waals surface area contributed by atoms with Crippen molar-refractivity contribution < 1.29 is 54.1 Å². The van der Waals surface area contributed by atoms with E-state index in [0.29, 0.717) is 6.07 Å². The number of halogens is 10. The molecule has 0 unspecified atom stereocenters. The lowest BCUT2D eigenvalue weighted by molar-refractivity contribution is -0.139. The molecule has 18 heteroatoms. The molecule has 0 spiro atoms. The molecule has 232 valence electrons. The summed E-state index contributed by atoms with van der Waals surface area (Å²) in [5.41, 5.74) is -3.53. The number of amides is 1. The monoisotopic (exact) mass is 660 g/mol. The summed E-state index contributed by atoms with van der Waals surface area (Å²) in [6, 6.07) is 1.77. The number of carbonyl (C=O) groups is 1. The summed E-state index contributed by atoms with van der Waals surface area (Å²) >= 11 is 11.9. The standard InChI is InChI=1S/C25H18Cl2F8N4O4/c1-10(37-23(40)41-3)4-18(36)42-22-17(29)8-14(25(33,34)35)13(20(22)27)9-39-11(2)5-19(38-39)43-21-15(26)6-12(7-16(21)28)24(30,31)32/h4-8,36H,9H2,1-3H3,(H,37,40)/b10-4-,36-18?. The molecule has 0 saturated heterocycles. The smallest absolute Gasteiger partial charge is 0.416 e. The highest BCUT2D eigenvalue weighted by molar-refractivity contribution is 6.33. The number of rotatable bonds is 7. The number of hydrogen-bond donors (Lipinski definition) is 2. The molecule has 0 aliphatic rings. The Kier molecular flexibility index (Phi) is 9.86. The van der Waals surface area contributed by atoms with E-state index in [1.165, 1.54) is 13.8 Å². The summed E-state index contributed by atoms with van der Waals surface area (Å²) in [6.45, 7) is 1.88. The minimum atomic E-state index is -5.12. The Balaban J connectivity index is 1.98. The van der Waals surface area contributed by atoms with Crippen molar-refractivity contribution in [3.8, 4) is 17.4 Å². The van der Waals surface area contributed by atoms with Gasteiger partial charge in [-0.1, -0.05) is 23.2 Å². The van der Waals surface area contributed by atoms with Crippen molar-refractivity contribution in [1.29, 1.82) is 5.41 Å². The van der Waals surface area contributed by atoms with Crippen LogP contribution in [0.5, 0.6) is 17.4 Å². The molecule has 0 fully saturated rings. The number of ether oxygens (including phenoxy) is 3. The molecule has 0 bridgehead atoms. The predicted molar refractivity (Wildman–Crippen MR) is 137 cm³/mol. The average molecular weight is 661 g/mol. The highest BCUT2D eigenvalue weighted by Gasteiger charge is 2.37. The van der Waals surface area contributed by atoms with Crippen LogP contribution in [0, 0.1) is 24.0 Å². The van der Waals surface area contributed by atoms with Gasteiger partial charge in [0.15, 0.2) is 23.1 Å². The lowest BCUT2D eigenvalue weighted by Crippen LogP contribution is -2.22. The molecule has 43 heavy (non-hydrogen) atoms. The Morgan fingerprint density at radius 3 is 2.23 bits per heavy atom. The molecule has 0 aliphatic heterocycles. The highest BCUT2D eigenvalue weighted by atomic mass is 35.5. The fourth-order valence-corrected chi connectivity index (χ4v) is 4.03. The lowest BCUT2D eigenvalue weighted by atomic mass is 10.1. The van der Waals surface area contributed by atoms with Crippen LogP contribution in [-0.4, -0.2) is 28.9 Å². The maximum atomic E-state index is 14.7. The molecule has 3 rings (SSSR count). The van der Waals surface area contributed by atoms with Crippen molar-refractivity contribution in [2.45, 2.75) is 32.7 Å². The van der Waals surface area contributed by atoms with Crippen LogP contribution in [0.25, 0.3) is 0 Å². The Labute approximate surface area is 247 Å². The van der Waals surface area contributed by atoms with E-state index in [0.717, 1.165) is 23.9 Å². The summed E-state index contributed by atoms with van der Waals surface area (Å²) < 4.78 is 125. The number of alkyl carbamates (subject to hydrolysis) is 1.